The molecule has 2 aliphatic carbocycles. The number of guanidine groups is 1. The van der Waals surface area contributed by atoms with Crippen LogP contribution in [0.5, 0.6) is 0 Å². The molecule has 1 aromatic rings. The molecule has 0 aromatic heterocycles. The van der Waals surface area contributed by atoms with Crippen molar-refractivity contribution in [2.75, 3.05) is 36.2 Å². The molecular weight excluding hydrogens is 568 g/mol. The maximum atomic E-state index is 14.3. The Balaban J connectivity index is 1.32. The van der Waals surface area contributed by atoms with Crippen LogP contribution >= 0.6 is 0 Å². The van der Waals surface area contributed by atoms with Gasteiger partial charge in [-0.1, -0.05) is 32.0 Å². The van der Waals surface area contributed by atoms with E-state index in [1.807, 2.05) is 18.7 Å². The van der Waals surface area contributed by atoms with Crippen LogP contribution in [0.1, 0.15) is 65.7 Å². The lowest BCUT2D eigenvalue weighted by Crippen LogP contribution is -2.56. The molecule has 2 heterocycles. The maximum absolute atomic E-state index is 14.3. The van der Waals surface area contributed by atoms with Gasteiger partial charge in [0, 0.05) is 32.6 Å². The number of piperidine rings is 1. The number of nitrogens with zero attached hydrogens (tertiary/aromatic N) is 3. The van der Waals surface area contributed by atoms with Crippen molar-refractivity contribution < 1.29 is 22.8 Å². The fraction of sp³-hybridized carbons (Fsp3) is 0.677. The van der Waals surface area contributed by atoms with Crippen LogP contribution in [-0.4, -0.2) is 85.8 Å². The number of hydrogen-bond acceptors (Lipinski definition) is 6. The van der Waals surface area contributed by atoms with E-state index in [9.17, 15) is 22.8 Å². The summed E-state index contributed by atoms with van der Waals surface area (Å²) in [6.45, 7) is 7.80. The Bertz CT molecular complexity index is 1360. The predicted octanol–water partition coefficient (Wildman–Crippen LogP) is 2.32. The largest absolute Gasteiger partial charge is 0.370 e. The molecule has 1 aromatic carbocycles. The van der Waals surface area contributed by atoms with Gasteiger partial charge in [0.15, 0.2) is 5.96 Å². The Labute approximate surface area is 255 Å². The van der Waals surface area contributed by atoms with Crippen LogP contribution in [0.4, 0.5) is 5.69 Å². The highest BCUT2D eigenvalue weighted by atomic mass is 32.2. The van der Waals surface area contributed by atoms with Gasteiger partial charge in [0.25, 0.3) is 0 Å². The molecule has 11 nitrogen and oxygen atoms in total. The van der Waals surface area contributed by atoms with E-state index in [0.29, 0.717) is 57.5 Å². The second-order valence-electron chi connectivity index (χ2n) is 13.5. The van der Waals surface area contributed by atoms with Crippen LogP contribution < -0.4 is 15.4 Å². The molecular formula is C31H46N6O5S. The molecule has 4 aliphatic rings. The average molecular weight is 615 g/mol. The Morgan fingerprint density at radius 1 is 1.12 bits per heavy atom. The van der Waals surface area contributed by atoms with Crippen molar-refractivity contribution in [2.24, 2.45) is 28.4 Å². The van der Waals surface area contributed by atoms with Gasteiger partial charge in [-0.2, -0.15) is 0 Å². The van der Waals surface area contributed by atoms with E-state index in [4.69, 9.17) is 11.1 Å². The summed E-state index contributed by atoms with van der Waals surface area (Å²) in [7, 11) is -4.12. The van der Waals surface area contributed by atoms with Crippen LogP contribution in [0.3, 0.4) is 0 Å². The molecule has 5 rings (SSSR count). The Hall–Kier alpha value is -3.15. The van der Waals surface area contributed by atoms with Crippen LogP contribution in [-0.2, 0) is 24.4 Å². The Morgan fingerprint density at radius 2 is 1.79 bits per heavy atom. The van der Waals surface area contributed by atoms with E-state index in [0.717, 1.165) is 19.3 Å². The number of rotatable bonds is 9. The molecule has 2 bridgehead atoms. The van der Waals surface area contributed by atoms with Gasteiger partial charge in [-0.3, -0.25) is 24.1 Å². The highest BCUT2D eigenvalue weighted by Gasteiger charge is 2.66. The van der Waals surface area contributed by atoms with Crippen LogP contribution in [0.2, 0.25) is 0 Å². The molecule has 4 atom stereocenters. The summed E-state index contributed by atoms with van der Waals surface area (Å²) in [6.07, 6.45) is 4.57. The van der Waals surface area contributed by atoms with Gasteiger partial charge >= 0.3 is 0 Å². The Kier molecular flexibility index (Phi) is 8.54. The third kappa shape index (κ3) is 5.62. The normalized spacial score (nSPS) is 27.7. The van der Waals surface area contributed by atoms with Gasteiger partial charge in [-0.15, -0.1) is 0 Å². The molecule has 4 fully saturated rings. The van der Waals surface area contributed by atoms with Gasteiger partial charge in [-0.05, 0) is 74.8 Å². The van der Waals surface area contributed by atoms with Crippen molar-refractivity contribution >= 4 is 39.3 Å². The first-order valence-corrected chi connectivity index (χ1v) is 17.2. The van der Waals surface area contributed by atoms with Crippen molar-refractivity contribution in [3.8, 4) is 0 Å². The summed E-state index contributed by atoms with van der Waals surface area (Å²) >= 11 is 0. The highest BCUT2D eigenvalue weighted by molar-refractivity contribution is 7.92. The molecule has 2 aliphatic heterocycles. The first kappa shape index (κ1) is 31.3. The van der Waals surface area contributed by atoms with Crippen molar-refractivity contribution in [2.45, 2.75) is 77.8 Å². The molecule has 2 amide bonds. The number of fused-ring (bicyclic) bond motifs is 2. The molecule has 4 N–H and O–H groups in total. The minimum Gasteiger partial charge on any atom is -0.370 e. The number of ketones is 1. The number of likely N-dealkylation sites (tertiary alicyclic amines) is 2. The van der Waals surface area contributed by atoms with E-state index >= 15 is 0 Å². The summed E-state index contributed by atoms with van der Waals surface area (Å²) in [5.41, 5.74) is 4.55. The lowest BCUT2D eigenvalue weighted by atomic mass is 9.70. The number of benzene rings is 1. The molecule has 0 radical (unpaired) electrons. The second-order valence-corrected chi connectivity index (χ2v) is 15.3. The topological polar surface area (TPSA) is 157 Å². The number of amides is 2. The maximum Gasteiger partial charge on any atom is 0.246 e. The summed E-state index contributed by atoms with van der Waals surface area (Å²) < 4.78 is 29.8. The molecule has 2 saturated carbocycles. The fourth-order valence-corrected chi connectivity index (χ4v) is 10.5. The van der Waals surface area contributed by atoms with Crippen LogP contribution in [0.25, 0.3) is 0 Å². The first-order chi connectivity index (χ1) is 20.3. The number of hydrogen-bond donors (Lipinski definition) is 3. The zero-order valence-corrected chi connectivity index (χ0v) is 26.4. The number of carbonyl (C=O) groups is 3. The van der Waals surface area contributed by atoms with Gasteiger partial charge < -0.3 is 20.9 Å². The van der Waals surface area contributed by atoms with Crippen LogP contribution in [0.15, 0.2) is 30.3 Å². The zero-order chi connectivity index (χ0) is 31.2. The van der Waals surface area contributed by atoms with E-state index in [2.05, 4.69) is 5.32 Å². The average Bonchev–Trinajstić information content (AvgIpc) is 3.60. The highest BCUT2D eigenvalue weighted by Crippen LogP contribution is 2.64. The second kappa shape index (κ2) is 11.7. The molecule has 0 spiro atoms. The lowest BCUT2D eigenvalue weighted by Gasteiger charge is -2.40. The Morgan fingerprint density at radius 3 is 2.37 bits per heavy atom. The summed E-state index contributed by atoms with van der Waals surface area (Å²) in [5.74, 6) is -0.471. The first-order valence-electron chi connectivity index (χ1n) is 15.6. The van der Waals surface area contributed by atoms with Crippen molar-refractivity contribution in [1.82, 2.24) is 15.1 Å². The van der Waals surface area contributed by atoms with Gasteiger partial charge in [0.1, 0.15) is 17.9 Å². The SMILES string of the molecule is C[C@@H](C(=O)N1CCC[C@H]1C(=O)NCC1CCN(C(=N)N)CC1)N(c1ccccc1)S(=O)(=O)CC12CCC(CC1=O)C2(C)C. The number of sulfonamides is 1. The van der Waals surface area contributed by atoms with E-state index < -0.39 is 38.8 Å². The molecule has 236 valence electrons. The minimum absolute atomic E-state index is 0.00700. The van der Waals surface area contributed by atoms with Crippen LogP contribution in [0, 0.1) is 28.1 Å². The fourth-order valence-electron chi connectivity index (χ4n) is 8.07. The number of nitrogens with two attached hydrogens (primary N) is 1. The standard InChI is InChI=1S/C31H46N6O5S/c1-21(28(40)36-15-7-10-25(36)27(39)34-19-22-12-16-35(17-13-22)29(32)33)37(24-8-5-4-6-9-24)43(41,42)20-31-14-11-23(18-26(31)38)30(31,2)3/h4-6,8-9,21-23,25H,7,10-20H2,1-3H3,(H3,32,33)(H,34,39)/t21-,23?,25-,31?/m0/s1. The number of anilines is 1. The third-order valence-corrected chi connectivity index (χ3v) is 12.9. The van der Waals surface area contributed by atoms with Crippen molar-refractivity contribution in [3.63, 3.8) is 0 Å². The third-order valence-electron chi connectivity index (χ3n) is 10.9. The number of nitrogens with one attached hydrogen (secondary N) is 2. The minimum atomic E-state index is -4.12. The molecule has 12 heteroatoms. The molecule has 43 heavy (non-hydrogen) atoms. The van der Waals surface area contributed by atoms with E-state index in [1.165, 1.54) is 9.21 Å². The van der Waals surface area contributed by atoms with Gasteiger partial charge in [-0.25, -0.2) is 8.42 Å². The summed E-state index contributed by atoms with van der Waals surface area (Å²) in [4.78, 5) is 44.0. The zero-order valence-electron chi connectivity index (χ0n) is 25.5. The lowest BCUT2D eigenvalue weighted by molar-refractivity contribution is -0.139. The van der Waals surface area contributed by atoms with E-state index in [1.54, 1.807) is 37.3 Å². The summed E-state index contributed by atoms with van der Waals surface area (Å²) in [6, 6.07) is 6.83. The molecule has 2 unspecified atom stereocenters. The molecule has 2 saturated heterocycles. The van der Waals surface area contributed by atoms with Crippen molar-refractivity contribution in [3.05, 3.63) is 30.3 Å². The van der Waals surface area contributed by atoms with Gasteiger partial charge in [0.2, 0.25) is 21.8 Å². The predicted molar refractivity (Wildman–Crippen MR) is 165 cm³/mol. The quantitative estimate of drug-likeness (QED) is 0.285. The number of para-hydroxylation sites is 1. The van der Waals surface area contributed by atoms with E-state index in [-0.39, 0.29) is 35.2 Å². The smallest absolute Gasteiger partial charge is 0.246 e. The number of carbonyl (C=O) groups excluding carboxylic acids is 3. The summed E-state index contributed by atoms with van der Waals surface area (Å²) in [5, 5.41) is 10.6. The van der Waals surface area contributed by atoms with Gasteiger partial charge in [0.05, 0.1) is 16.9 Å². The number of Topliss-reactive ketones (excluding diaryl/α,β-unsaturated/α-hetero) is 1. The van der Waals surface area contributed by atoms with Crippen molar-refractivity contribution in [1.29, 1.82) is 5.41 Å². The monoisotopic (exact) mass is 614 g/mol.